The quantitative estimate of drug-likeness (QED) is 0.889. The fourth-order valence-corrected chi connectivity index (χ4v) is 2.52. The van der Waals surface area contributed by atoms with Gasteiger partial charge in [-0.15, -0.1) is 0 Å². The van der Waals surface area contributed by atoms with Gasteiger partial charge < -0.3 is 10.2 Å². The van der Waals surface area contributed by atoms with E-state index in [1.54, 1.807) is 0 Å². The third-order valence-electron chi connectivity index (χ3n) is 3.29. The maximum Gasteiger partial charge on any atom is 0.255 e. The molecule has 1 aromatic carbocycles. The van der Waals surface area contributed by atoms with Crippen LogP contribution < -0.4 is 5.32 Å². The van der Waals surface area contributed by atoms with Crippen LogP contribution in [0, 0.1) is 5.92 Å². The molecule has 0 unspecified atom stereocenters. The normalized spacial score (nSPS) is 14.0. The van der Waals surface area contributed by atoms with Gasteiger partial charge in [0.05, 0.1) is 11.3 Å². The summed E-state index contributed by atoms with van der Waals surface area (Å²) in [6, 6.07) is 6.03. The molecule has 1 amide bonds. The van der Waals surface area contributed by atoms with E-state index in [0.29, 0.717) is 5.92 Å². The molecule has 18 heavy (non-hydrogen) atoms. The lowest BCUT2D eigenvalue weighted by atomic mass is 9.98. The van der Waals surface area contributed by atoms with Gasteiger partial charge in [-0.3, -0.25) is 4.79 Å². The number of anilines is 1. The Balaban J connectivity index is 2.25. The predicted molar refractivity (Wildman–Crippen MR) is 75.1 cm³/mol. The molecule has 1 aliphatic heterocycles. The van der Waals surface area contributed by atoms with Crippen LogP contribution >= 0.6 is 0 Å². The zero-order valence-corrected chi connectivity index (χ0v) is 11.5. The molecule has 1 heterocycles. The van der Waals surface area contributed by atoms with Gasteiger partial charge in [-0.05, 0) is 30.4 Å². The van der Waals surface area contributed by atoms with Crippen LogP contribution in [0.15, 0.2) is 18.2 Å². The molecule has 1 N–H and O–H groups in total. The highest BCUT2D eigenvalue weighted by Crippen LogP contribution is 2.26. The second-order valence-electron chi connectivity index (χ2n) is 5.45. The van der Waals surface area contributed by atoms with Crippen LogP contribution in [-0.4, -0.2) is 30.9 Å². The van der Waals surface area contributed by atoms with E-state index in [-0.39, 0.29) is 5.91 Å². The third kappa shape index (κ3) is 2.66. The first-order chi connectivity index (χ1) is 8.59. The van der Waals surface area contributed by atoms with Crippen LogP contribution in [0.5, 0.6) is 0 Å². The largest absolute Gasteiger partial charge is 0.384 e. The van der Waals surface area contributed by atoms with Crippen molar-refractivity contribution in [2.75, 3.05) is 25.5 Å². The molecule has 0 saturated carbocycles. The molecule has 0 atom stereocenters. The minimum Gasteiger partial charge on any atom is -0.384 e. The second kappa shape index (κ2) is 5.42. The molecule has 0 saturated heterocycles. The first-order valence-corrected chi connectivity index (χ1v) is 6.71. The summed E-state index contributed by atoms with van der Waals surface area (Å²) in [4.78, 5) is 14.3. The highest BCUT2D eigenvalue weighted by atomic mass is 16.2. The third-order valence-corrected chi connectivity index (χ3v) is 3.29. The van der Waals surface area contributed by atoms with Gasteiger partial charge in [-0.2, -0.15) is 0 Å². The number of rotatable bonds is 3. The minimum absolute atomic E-state index is 0.120. The van der Waals surface area contributed by atoms with E-state index >= 15 is 0 Å². The smallest absolute Gasteiger partial charge is 0.255 e. The van der Waals surface area contributed by atoms with E-state index in [2.05, 4.69) is 25.2 Å². The number of nitrogens with one attached hydrogen (secondary N) is 1. The first-order valence-electron chi connectivity index (χ1n) is 6.71. The minimum atomic E-state index is 0.120. The highest BCUT2D eigenvalue weighted by molar-refractivity contribution is 6.00. The van der Waals surface area contributed by atoms with E-state index in [9.17, 15) is 4.79 Å². The number of benzene rings is 1. The molecule has 98 valence electrons. The number of para-hydroxylation sites is 1. The Morgan fingerprint density at radius 2 is 2.22 bits per heavy atom. The Kier molecular flexibility index (Phi) is 3.90. The van der Waals surface area contributed by atoms with Crippen LogP contribution in [-0.2, 0) is 6.42 Å². The summed E-state index contributed by atoms with van der Waals surface area (Å²) in [7, 11) is 1.88. The molecule has 0 aromatic heterocycles. The van der Waals surface area contributed by atoms with Crippen molar-refractivity contribution in [2.24, 2.45) is 5.92 Å². The van der Waals surface area contributed by atoms with Crippen LogP contribution in [0.4, 0.5) is 5.69 Å². The summed E-state index contributed by atoms with van der Waals surface area (Å²) in [5.41, 5.74) is 3.13. The average molecular weight is 246 g/mol. The van der Waals surface area contributed by atoms with Crippen molar-refractivity contribution in [1.29, 1.82) is 0 Å². The Labute approximate surface area is 109 Å². The number of carbonyl (C=O) groups excluding carboxylic acids is 1. The molecule has 3 nitrogen and oxygen atoms in total. The summed E-state index contributed by atoms with van der Waals surface area (Å²) in [6.07, 6.45) is 2.21. The van der Waals surface area contributed by atoms with Crippen molar-refractivity contribution in [1.82, 2.24) is 4.90 Å². The van der Waals surface area contributed by atoms with Crippen molar-refractivity contribution in [3.8, 4) is 0 Å². The van der Waals surface area contributed by atoms with Crippen LogP contribution in [0.3, 0.4) is 0 Å². The molecule has 2 rings (SSSR count). The Morgan fingerprint density at radius 3 is 2.94 bits per heavy atom. The molecular weight excluding hydrogens is 224 g/mol. The standard InChI is InChI=1S/C15H22N2O/c1-11(2)10-17(3)15(18)13-8-4-6-12-7-5-9-16-14(12)13/h4,6,8,11,16H,5,7,9-10H2,1-3H3. The summed E-state index contributed by atoms with van der Waals surface area (Å²) >= 11 is 0. The lowest BCUT2D eigenvalue weighted by Crippen LogP contribution is -2.31. The fraction of sp³-hybridized carbons (Fsp3) is 0.533. The molecule has 0 bridgehead atoms. The van der Waals surface area contributed by atoms with Crippen molar-refractivity contribution >= 4 is 11.6 Å². The second-order valence-corrected chi connectivity index (χ2v) is 5.45. The van der Waals surface area contributed by atoms with Crippen molar-refractivity contribution in [3.63, 3.8) is 0 Å². The van der Waals surface area contributed by atoms with E-state index in [1.165, 1.54) is 5.56 Å². The average Bonchev–Trinajstić information content (AvgIpc) is 2.36. The van der Waals surface area contributed by atoms with Crippen LogP contribution in [0.1, 0.15) is 36.2 Å². The van der Waals surface area contributed by atoms with Gasteiger partial charge in [0, 0.05) is 20.1 Å². The summed E-state index contributed by atoms with van der Waals surface area (Å²) in [6.45, 7) is 6.01. The topological polar surface area (TPSA) is 32.3 Å². The number of aryl methyl sites for hydroxylation is 1. The highest BCUT2D eigenvalue weighted by Gasteiger charge is 2.20. The van der Waals surface area contributed by atoms with E-state index in [4.69, 9.17) is 0 Å². The SMILES string of the molecule is CC(C)CN(C)C(=O)c1cccc2c1NCCC2. The van der Waals surface area contributed by atoms with Gasteiger partial charge in [0.15, 0.2) is 0 Å². The first kappa shape index (κ1) is 12.9. The molecule has 1 aromatic rings. The molecule has 1 aliphatic rings. The van der Waals surface area contributed by atoms with Gasteiger partial charge >= 0.3 is 0 Å². The number of carbonyl (C=O) groups is 1. The number of fused-ring (bicyclic) bond motifs is 1. The van der Waals surface area contributed by atoms with Crippen molar-refractivity contribution < 1.29 is 4.79 Å². The Morgan fingerprint density at radius 1 is 1.44 bits per heavy atom. The van der Waals surface area contributed by atoms with Crippen molar-refractivity contribution in [3.05, 3.63) is 29.3 Å². The molecule has 0 aliphatic carbocycles. The monoisotopic (exact) mass is 246 g/mol. The zero-order chi connectivity index (χ0) is 13.1. The Bertz CT molecular complexity index is 440. The lowest BCUT2D eigenvalue weighted by molar-refractivity contribution is 0.0780. The van der Waals surface area contributed by atoms with Crippen molar-refractivity contribution in [2.45, 2.75) is 26.7 Å². The van der Waals surface area contributed by atoms with Crippen LogP contribution in [0.25, 0.3) is 0 Å². The maximum atomic E-state index is 12.4. The number of hydrogen-bond acceptors (Lipinski definition) is 2. The number of nitrogens with zero attached hydrogens (tertiary/aromatic N) is 1. The van der Waals surface area contributed by atoms with E-state index in [0.717, 1.165) is 37.2 Å². The fourth-order valence-electron chi connectivity index (χ4n) is 2.52. The van der Waals surface area contributed by atoms with E-state index in [1.807, 2.05) is 24.1 Å². The summed E-state index contributed by atoms with van der Waals surface area (Å²) in [5.74, 6) is 0.612. The van der Waals surface area contributed by atoms with Gasteiger partial charge in [0.1, 0.15) is 0 Å². The molecule has 0 spiro atoms. The lowest BCUT2D eigenvalue weighted by Gasteiger charge is -2.24. The number of amides is 1. The van der Waals surface area contributed by atoms with E-state index < -0.39 is 0 Å². The molecule has 0 radical (unpaired) electrons. The van der Waals surface area contributed by atoms with Gasteiger partial charge in [-0.25, -0.2) is 0 Å². The van der Waals surface area contributed by atoms with Gasteiger partial charge in [0.2, 0.25) is 0 Å². The maximum absolute atomic E-state index is 12.4. The number of hydrogen-bond donors (Lipinski definition) is 1. The molecular formula is C15H22N2O. The van der Waals surface area contributed by atoms with Gasteiger partial charge in [0.25, 0.3) is 5.91 Å². The zero-order valence-electron chi connectivity index (χ0n) is 11.5. The summed E-state index contributed by atoms with van der Waals surface area (Å²) in [5, 5.41) is 3.37. The van der Waals surface area contributed by atoms with Crippen LogP contribution in [0.2, 0.25) is 0 Å². The molecule has 0 fully saturated rings. The predicted octanol–water partition coefficient (Wildman–Crippen LogP) is 2.77. The summed E-state index contributed by atoms with van der Waals surface area (Å²) < 4.78 is 0. The Hall–Kier alpha value is -1.51. The molecule has 3 heteroatoms. The van der Waals surface area contributed by atoms with Gasteiger partial charge in [-0.1, -0.05) is 26.0 Å².